The average molecular weight is 807 g/mol. The predicted molar refractivity (Wildman–Crippen MR) is 262 cm³/mol. The Morgan fingerprint density at radius 3 is 1.81 bits per heavy atom. The number of anilines is 3. The molecule has 2 nitrogen and oxygen atoms in total. The van der Waals surface area contributed by atoms with E-state index in [2.05, 4.69) is 243 Å². The lowest BCUT2D eigenvalue weighted by Crippen LogP contribution is -2.44. The van der Waals surface area contributed by atoms with Crippen molar-refractivity contribution in [3.63, 3.8) is 0 Å². The normalized spacial score (nSPS) is 16.9. The number of aromatic nitrogens is 1. The molecule has 3 aliphatic rings. The summed E-state index contributed by atoms with van der Waals surface area (Å²) in [5.74, 6) is 0. The van der Waals surface area contributed by atoms with Crippen molar-refractivity contribution >= 4 is 38.9 Å². The first-order valence-electron chi connectivity index (χ1n) is 22.4. The zero-order valence-electron chi connectivity index (χ0n) is 36.0. The van der Waals surface area contributed by atoms with E-state index in [0.29, 0.717) is 0 Å². The summed E-state index contributed by atoms with van der Waals surface area (Å²) in [5, 5.41) is 2.57. The van der Waals surface area contributed by atoms with Crippen LogP contribution < -0.4 is 4.90 Å². The number of hydrogen-bond donors (Lipinski definition) is 0. The van der Waals surface area contributed by atoms with Gasteiger partial charge in [-0.05, 0) is 97.6 Å². The lowest BCUT2D eigenvalue weighted by atomic mass is 9.53. The molecule has 0 amide bonds. The molecule has 0 saturated carbocycles. The molecular weight excluding hydrogens is 761 g/mol. The minimum atomic E-state index is -0.607. The van der Waals surface area contributed by atoms with Gasteiger partial charge in [0.25, 0.3) is 0 Å². The molecule has 2 heterocycles. The summed E-state index contributed by atoms with van der Waals surface area (Å²) in [5.41, 5.74) is 21.9. The third-order valence-electron chi connectivity index (χ3n) is 15.0. The first-order chi connectivity index (χ1) is 30.8. The molecular formula is C61H46N2. The summed E-state index contributed by atoms with van der Waals surface area (Å²) in [6.07, 6.45) is 0. The lowest BCUT2D eigenvalue weighted by Gasteiger charge is -2.51. The summed E-state index contributed by atoms with van der Waals surface area (Å²) in [6.45, 7) is 9.69. The van der Waals surface area contributed by atoms with Gasteiger partial charge in [0.2, 0.25) is 0 Å². The maximum Gasteiger partial charge on any atom is 0.0749 e. The minimum absolute atomic E-state index is 0.159. The molecule has 300 valence electrons. The van der Waals surface area contributed by atoms with Crippen molar-refractivity contribution in [1.82, 2.24) is 4.57 Å². The van der Waals surface area contributed by atoms with Crippen molar-refractivity contribution in [2.45, 2.75) is 43.9 Å². The fourth-order valence-electron chi connectivity index (χ4n) is 12.4. The van der Waals surface area contributed by atoms with E-state index in [4.69, 9.17) is 0 Å². The van der Waals surface area contributed by atoms with Crippen molar-refractivity contribution in [3.05, 3.63) is 251 Å². The van der Waals surface area contributed by atoms with Gasteiger partial charge in [0.15, 0.2) is 0 Å². The van der Waals surface area contributed by atoms with Gasteiger partial charge < -0.3 is 9.47 Å². The van der Waals surface area contributed by atoms with Crippen LogP contribution in [0.15, 0.2) is 206 Å². The van der Waals surface area contributed by atoms with Gasteiger partial charge in [-0.25, -0.2) is 0 Å². The lowest BCUT2D eigenvalue weighted by molar-refractivity contribution is 0.557. The Labute approximate surface area is 369 Å². The summed E-state index contributed by atoms with van der Waals surface area (Å²) < 4.78 is 2.54. The average Bonchev–Trinajstić information content (AvgIpc) is 3.78. The van der Waals surface area contributed by atoms with E-state index in [-0.39, 0.29) is 10.8 Å². The first kappa shape index (κ1) is 36.3. The highest BCUT2D eigenvalue weighted by Gasteiger charge is 2.54. The Hall–Kier alpha value is -7.42. The van der Waals surface area contributed by atoms with Crippen molar-refractivity contribution in [3.8, 4) is 27.9 Å². The second kappa shape index (κ2) is 12.8. The van der Waals surface area contributed by atoms with Crippen LogP contribution in [0.25, 0.3) is 49.7 Å². The molecule has 2 aliphatic carbocycles. The zero-order chi connectivity index (χ0) is 42.2. The van der Waals surface area contributed by atoms with Crippen LogP contribution in [-0.2, 0) is 16.2 Å². The summed E-state index contributed by atoms with van der Waals surface area (Å²) in [7, 11) is 0. The highest BCUT2D eigenvalue weighted by Crippen LogP contribution is 2.63. The van der Waals surface area contributed by atoms with Gasteiger partial charge >= 0.3 is 0 Å². The smallest absolute Gasteiger partial charge is 0.0749 e. The molecule has 1 aromatic heterocycles. The van der Waals surface area contributed by atoms with Crippen LogP contribution in [0.1, 0.15) is 72.2 Å². The van der Waals surface area contributed by atoms with Crippen molar-refractivity contribution in [2.24, 2.45) is 0 Å². The van der Waals surface area contributed by atoms with Crippen LogP contribution in [0.5, 0.6) is 0 Å². The second-order valence-corrected chi connectivity index (χ2v) is 18.8. The van der Waals surface area contributed by atoms with Crippen molar-refractivity contribution < 1.29 is 0 Å². The van der Waals surface area contributed by atoms with Crippen molar-refractivity contribution in [1.29, 1.82) is 0 Å². The molecule has 1 atom stereocenters. The fourth-order valence-corrected chi connectivity index (χ4v) is 12.4. The standard InChI is InChI=1S/C61H46N2/c1-59(2)46-26-11-8-23-42(46)43-37-36-40(38-52(43)59)62(53-32-15-9-22-41(53)39-20-6-5-7-21-39)56-35-19-30-50-57(56)60(3,4)47-27-12-13-28-48(47)61(50)49-29-14-17-34-55(49)63-54-33-16-10-24-44(54)45-25-18-31-51(61)58(45)63/h5-38H,1-4H3. The maximum atomic E-state index is 2.59. The number of rotatable bonds is 4. The molecule has 0 bridgehead atoms. The molecule has 0 N–H and O–H groups in total. The van der Waals surface area contributed by atoms with Crippen LogP contribution in [0, 0.1) is 0 Å². The summed E-state index contributed by atoms with van der Waals surface area (Å²) >= 11 is 0. The molecule has 1 aliphatic heterocycles. The van der Waals surface area contributed by atoms with Crippen LogP contribution in [-0.4, -0.2) is 4.57 Å². The summed E-state index contributed by atoms with van der Waals surface area (Å²) in [4.78, 5) is 2.59. The zero-order valence-corrected chi connectivity index (χ0v) is 36.0. The number of nitrogens with zero attached hydrogens (tertiary/aromatic N) is 2. The van der Waals surface area contributed by atoms with E-state index in [1.165, 1.54) is 99.9 Å². The molecule has 10 aromatic rings. The number of fused-ring (bicyclic) bond motifs is 14. The van der Waals surface area contributed by atoms with Crippen LogP contribution in [0.4, 0.5) is 17.1 Å². The van der Waals surface area contributed by atoms with E-state index in [1.54, 1.807) is 0 Å². The van der Waals surface area contributed by atoms with E-state index < -0.39 is 5.41 Å². The van der Waals surface area contributed by atoms with Crippen LogP contribution >= 0.6 is 0 Å². The molecule has 0 fully saturated rings. The van der Waals surface area contributed by atoms with Gasteiger partial charge in [-0.15, -0.1) is 0 Å². The van der Waals surface area contributed by atoms with Crippen LogP contribution in [0.3, 0.4) is 0 Å². The molecule has 2 heteroatoms. The van der Waals surface area contributed by atoms with E-state index >= 15 is 0 Å². The van der Waals surface area contributed by atoms with Crippen LogP contribution in [0.2, 0.25) is 0 Å². The largest absolute Gasteiger partial charge is 0.310 e. The van der Waals surface area contributed by atoms with Crippen molar-refractivity contribution in [2.75, 3.05) is 4.90 Å². The Bertz CT molecular complexity index is 3530. The topological polar surface area (TPSA) is 8.17 Å². The molecule has 0 radical (unpaired) electrons. The predicted octanol–water partition coefficient (Wildman–Crippen LogP) is 15.6. The van der Waals surface area contributed by atoms with E-state index in [0.717, 1.165) is 11.4 Å². The second-order valence-electron chi connectivity index (χ2n) is 18.8. The number of benzene rings is 9. The summed E-state index contributed by atoms with van der Waals surface area (Å²) in [6, 6.07) is 77.8. The number of hydrogen-bond acceptors (Lipinski definition) is 1. The van der Waals surface area contributed by atoms with Gasteiger partial charge in [-0.1, -0.05) is 198 Å². The van der Waals surface area contributed by atoms with E-state index in [1.807, 2.05) is 0 Å². The highest BCUT2D eigenvalue weighted by molar-refractivity contribution is 6.12. The quantitative estimate of drug-likeness (QED) is 0.172. The molecule has 1 unspecified atom stereocenters. The Morgan fingerprint density at radius 1 is 0.381 bits per heavy atom. The Balaban J connectivity index is 1.17. The third kappa shape index (κ3) is 4.63. The third-order valence-corrected chi connectivity index (χ3v) is 15.0. The molecule has 1 spiro atoms. The van der Waals surface area contributed by atoms with Gasteiger partial charge in [-0.2, -0.15) is 0 Å². The van der Waals surface area contributed by atoms with Gasteiger partial charge in [0.05, 0.1) is 33.5 Å². The van der Waals surface area contributed by atoms with Gasteiger partial charge in [0, 0.05) is 32.9 Å². The monoisotopic (exact) mass is 806 g/mol. The Morgan fingerprint density at radius 2 is 0.968 bits per heavy atom. The maximum absolute atomic E-state index is 2.59. The molecule has 13 rings (SSSR count). The molecule has 0 saturated heterocycles. The minimum Gasteiger partial charge on any atom is -0.310 e. The highest BCUT2D eigenvalue weighted by atomic mass is 15.2. The SMILES string of the molecule is CC1(C)c2ccccc2-c2ccc(N(c3ccccc3-c3ccccc3)c3cccc4c3C(C)(C)c3ccccc3C43c4ccccc4-n4c5ccccc5c5cccc3c54)cc21. The first-order valence-corrected chi connectivity index (χ1v) is 22.4. The van der Waals surface area contributed by atoms with E-state index in [9.17, 15) is 0 Å². The van der Waals surface area contributed by atoms with Gasteiger partial charge in [0.1, 0.15) is 0 Å². The Kier molecular flexibility index (Phi) is 7.37. The fraction of sp³-hybridized carbons (Fsp3) is 0.115. The molecule has 63 heavy (non-hydrogen) atoms. The molecule has 9 aromatic carbocycles. The van der Waals surface area contributed by atoms with Gasteiger partial charge in [-0.3, -0.25) is 0 Å². The number of para-hydroxylation sites is 4.